The highest BCUT2D eigenvalue weighted by Crippen LogP contribution is 2.41. The van der Waals surface area contributed by atoms with Gasteiger partial charge in [-0.1, -0.05) is 109 Å². The molecule has 13 rings (SSSR count). The van der Waals surface area contributed by atoms with Crippen LogP contribution in [0.15, 0.2) is 274 Å². The molecule has 0 atom stereocenters. The Balaban J connectivity index is 0.871. The van der Waals surface area contributed by atoms with Crippen LogP contribution in [-0.4, -0.2) is 24.9 Å². The Hall–Kier alpha value is -10.9. The van der Waals surface area contributed by atoms with Gasteiger partial charge in [-0.3, -0.25) is 24.9 Å². The predicted octanol–water partition coefficient (Wildman–Crippen LogP) is 21.3. The fourth-order valence-corrected chi connectivity index (χ4v) is 11.2. The molecular formula is C77H51F6N5. The number of benzene rings is 8. The zero-order valence-corrected chi connectivity index (χ0v) is 47.5. The van der Waals surface area contributed by atoms with Gasteiger partial charge in [0.1, 0.15) is 0 Å². The van der Waals surface area contributed by atoms with Crippen molar-refractivity contribution >= 4 is 0 Å². The van der Waals surface area contributed by atoms with Gasteiger partial charge in [-0.15, -0.1) is 0 Å². The number of aromatic nitrogens is 5. The van der Waals surface area contributed by atoms with Gasteiger partial charge in [0.2, 0.25) is 0 Å². The van der Waals surface area contributed by atoms with Gasteiger partial charge in [0, 0.05) is 95.3 Å². The normalized spacial score (nSPS) is 11.6. The second-order valence-electron chi connectivity index (χ2n) is 22.0. The Labute approximate surface area is 505 Å². The molecule has 0 spiro atoms. The molecule has 426 valence electrons. The Morgan fingerprint density at radius 1 is 0.193 bits per heavy atom. The van der Waals surface area contributed by atoms with Crippen molar-refractivity contribution in [3.63, 3.8) is 0 Å². The number of hydrogen-bond donors (Lipinski definition) is 0. The van der Waals surface area contributed by atoms with Gasteiger partial charge in [-0.25, -0.2) is 0 Å². The SMILES string of the molecule is Cc1cncc(-c2cccc(-c3cc(-c4cccc(-c5cncc(-c6cccc(-c7cc(-c8cccc(-c9cncc(C)c9)c8)cc(-c8cccc(-c9cncc(C(F)(F)F)c9)c8)c7)c6)c5)c4)cc(-c4cccc(-c5cncc(C(F)(F)F)c5)c4)c3)c2)c1. The summed E-state index contributed by atoms with van der Waals surface area (Å²) in [6, 6.07) is 69.7. The molecular weight excluding hydrogens is 1110 g/mol. The van der Waals surface area contributed by atoms with Crippen LogP contribution in [0.2, 0.25) is 0 Å². The molecule has 0 amide bonds. The summed E-state index contributed by atoms with van der Waals surface area (Å²) < 4.78 is 83.2. The summed E-state index contributed by atoms with van der Waals surface area (Å²) in [6.45, 7) is 4.03. The van der Waals surface area contributed by atoms with Gasteiger partial charge in [0.15, 0.2) is 0 Å². The maximum atomic E-state index is 13.9. The average Bonchev–Trinajstić information content (AvgIpc) is 2.55. The first kappa shape index (κ1) is 56.2. The molecule has 0 saturated carbocycles. The molecule has 0 aliphatic rings. The molecule has 5 nitrogen and oxygen atoms in total. The van der Waals surface area contributed by atoms with Gasteiger partial charge in [-0.2, -0.15) is 26.3 Å². The highest BCUT2D eigenvalue weighted by Gasteiger charge is 2.32. The summed E-state index contributed by atoms with van der Waals surface area (Å²) in [4.78, 5) is 21.6. The smallest absolute Gasteiger partial charge is 0.264 e. The predicted molar refractivity (Wildman–Crippen MR) is 340 cm³/mol. The van der Waals surface area contributed by atoms with E-state index in [2.05, 4.69) is 147 Å². The zero-order chi connectivity index (χ0) is 60.5. The molecule has 0 aliphatic heterocycles. The van der Waals surface area contributed by atoms with Crippen LogP contribution in [0.4, 0.5) is 26.3 Å². The molecule has 0 unspecified atom stereocenters. The Kier molecular flexibility index (Phi) is 15.0. The monoisotopic (exact) mass is 1160 g/mol. The molecule has 0 saturated heterocycles. The van der Waals surface area contributed by atoms with Gasteiger partial charge in [-0.05, 0) is 228 Å². The van der Waals surface area contributed by atoms with E-state index in [0.717, 1.165) is 147 Å². The number of alkyl halides is 6. The van der Waals surface area contributed by atoms with E-state index in [9.17, 15) is 26.3 Å². The van der Waals surface area contributed by atoms with Crippen LogP contribution in [-0.2, 0) is 12.4 Å². The number of aryl methyl sites for hydroxylation is 2. The molecule has 0 aliphatic carbocycles. The lowest BCUT2D eigenvalue weighted by Crippen LogP contribution is -2.05. The van der Waals surface area contributed by atoms with Crippen LogP contribution in [0, 0.1) is 13.8 Å². The van der Waals surface area contributed by atoms with E-state index < -0.39 is 23.5 Å². The van der Waals surface area contributed by atoms with E-state index in [4.69, 9.17) is 4.98 Å². The molecule has 0 bridgehead atoms. The van der Waals surface area contributed by atoms with Crippen LogP contribution >= 0.6 is 0 Å². The summed E-state index contributed by atoms with van der Waals surface area (Å²) in [5.41, 5.74) is 21.0. The zero-order valence-electron chi connectivity index (χ0n) is 47.5. The molecule has 0 fully saturated rings. The number of hydrogen-bond acceptors (Lipinski definition) is 5. The van der Waals surface area contributed by atoms with E-state index >= 15 is 0 Å². The van der Waals surface area contributed by atoms with Crippen molar-refractivity contribution < 1.29 is 26.3 Å². The third-order valence-corrected chi connectivity index (χ3v) is 15.7. The van der Waals surface area contributed by atoms with Crippen LogP contribution in [0.1, 0.15) is 22.3 Å². The highest BCUT2D eigenvalue weighted by atomic mass is 19.4. The molecule has 5 aromatic heterocycles. The fourth-order valence-electron chi connectivity index (χ4n) is 11.2. The Morgan fingerprint density at radius 2 is 0.364 bits per heavy atom. The molecule has 8 aromatic carbocycles. The number of pyridine rings is 5. The van der Waals surface area contributed by atoms with Crippen molar-refractivity contribution in [3.8, 4) is 134 Å². The van der Waals surface area contributed by atoms with E-state index in [0.29, 0.717) is 22.3 Å². The van der Waals surface area contributed by atoms with Gasteiger partial charge in [0.05, 0.1) is 11.1 Å². The van der Waals surface area contributed by atoms with Crippen molar-refractivity contribution in [2.45, 2.75) is 26.2 Å². The standard InChI is InChI=1S/C77H51F6N5/c1-48-21-68(40-84-38-48)56-15-3-9-50(23-56)62-29-64(33-66(31-62)54-13-7-19-60(27-54)72-36-74(46-87-44-72)76(78,79)80)52-11-5-17-58(25-52)70-35-71(43-86-42-70)59-18-6-12-53(26-59)65-30-63(51-10-4-16-57(24-51)69-22-49(2)39-85-41-69)32-67(34-65)55-14-8-20-61(28-55)73-37-75(47-88-45-73)77(81,82)83/h3-47H,1-2H3. The largest absolute Gasteiger partial charge is 0.417 e. The molecule has 13 aromatic rings. The van der Waals surface area contributed by atoms with Crippen molar-refractivity contribution in [1.82, 2.24) is 24.9 Å². The van der Waals surface area contributed by atoms with Crippen LogP contribution in [0.25, 0.3) is 134 Å². The second kappa shape index (κ2) is 23.5. The summed E-state index contributed by atoms with van der Waals surface area (Å²) in [5.74, 6) is 0. The number of halogens is 6. The van der Waals surface area contributed by atoms with Gasteiger partial charge in [0.25, 0.3) is 0 Å². The summed E-state index contributed by atoms with van der Waals surface area (Å²) >= 11 is 0. The Morgan fingerprint density at radius 3 is 0.591 bits per heavy atom. The topological polar surface area (TPSA) is 64.5 Å². The summed E-state index contributed by atoms with van der Waals surface area (Å²) in [5, 5.41) is 0. The van der Waals surface area contributed by atoms with Crippen molar-refractivity contribution in [2.24, 2.45) is 0 Å². The molecule has 0 N–H and O–H groups in total. The van der Waals surface area contributed by atoms with Crippen LogP contribution in [0.3, 0.4) is 0 Å². The minimum atomic E-state index is -4.54. The lowest BCUT2D eigenvalue weighted by Gasteiger charge is -2.15. The first-order valence-corrected chi connectivity index (χ1v) is 28.4. The van der Waals surface area contributed by atoms with Gasteiger partial charge >= 0.3 is 12.4 Å². The maximum absolute atomic E-state index is 13.9. The van der Waals surface area contributed by atoms with Crippen LogP contribution < -0.4 is 0 Å². The van der Waals surface area contributed by atoms with E-state index in [1.165, 1.54) is 12.4 Å². The highest BCUT2D eigenvalue weighted by molar-refractivity contribution is 5.88. The minimum absolute atomic E-state index is 0.359. The van der Waals surface area contributed by atoms with E-state index in [-0.39, 0.29) is 0 Å². The van der Waals surface area contributed by atoms with Crippen LogP contribution in [0.5, 0.6) is 0 Å². The minimum Gasteiger partial charge on any atom is -0.264 e. The summed E-state index contributed by atoms with van der Waals surface area (Å²) in [6.07, 6.45) is 6.57. The number of rotatable bonds is 12. The van der Waals surface area contributed by atoms with Crippen molar-refractivity contribution in [1.29, 1.82) is 0 Å². The van der Waals surface area contributed by atoms with Gasteiger partial charge < -0.3 is 0 Å². The maximum Gasteiger partial charge on any atom is 0.417 e. The third-order valence-electron chi connectivity index (χ3n) is 15.7. The third kappa shape index (κ3) is 12.3. The molecule has 5 heterocycles. The lowest BCUT2D eigenvalue weighted by molar-refractivity contribution is -0.138. The second-order valence-corrected chi connectivity index (χ2v) is 22.0. The molecule has 0 radical (unpaired) electrons. The number of nitrogens with zero attached hydrogens (tertiary/aromatic N) is 5. The van der Waals surface area contributed by atoms with E-state index in [1.54, 1.807) is 12.1 Å². The summed E-state index contributed by atoms with van der Waals surface area (Å²) in [7, 11) is 0. The quantitative estimate of drug-likeness (QED) is 0.114. The van der Waals surface area contributed by atoms with E-state index in [1.807, 2.05) is 112 Å². The van der Waals surface area contributed by atoms with Crippen molar-refractivity contribution in [3.05, 3.63) is 297 Å². The van der Waals surface area contributed by atoms with Crippen molar-refractivity contribution in [2.75, 3.05) is 0 Å². The average molecular weight is 1160 g/mol. The Bertz CT molecular complexity index is 4480. The lowest BCUT2D eigenvalue weighted by atomic mass is 9.90. The molecule has 11 heteroatoms. The fraction of sp³-hybridized carbons (Fsp3) is 0.0519. The first-order chi connectivity index (χ1) is 42.6. The first-order valence-electron chi connectivity index (χ1n) is 28.4. The molecule has 88 heavy (non-hydrogen) atoms.